The number of methoxy groups -OCH3 is 1. The number of para-hydroxylation sites is 1. The van der Waals surface area contributed by atoms with Gasteiger partial charge in [0, 0.05) is 30.7 Å². The number of halogens is 1. The first-order chi connectivity index (χ1) is 24.0. The van der Waals surface area contributed by atoms with Gasteiger partial charge in [0.25, 0.3) is 16.8 Å². The van der Waals surface area contributed by atoms with Crippen LogP contribution in [0, 0.1) is 5.41 Å². The van der Waals surface area contributed by atoms with Crippen molar-refractivity contribution in [3.05, 3.63) is 59.7 Å². The summed E-state index contributed by atoms with van der Waals surface area (Å²) in [4.78, 5) is 81.4. The number of amides is 6. The molecular weight excluding hydrogens is 688 g/mol. The summed E-state index contributed by atoms with van der Waals surface area (Å²) in [7, 11) is 0.994. The fourth-order valence-electron chi connectivity index (χ4n) is 5.77. The minimum atomic E-state index is -3.02. The molecule has 0 saturated carbocycles. The van der Waals surface area contributed by atoms with Crippen molar-refractivity contribution in [2.75, 3.05) is 12.4 Å². The van der Waals surface area contributed by atoms with Crippen LogP contribution >= 0.6 is 11.6 Å². The lowest BCUT2D eigenvalue weighted by atomic mass is 9.76. The van der Waals surface area contributed by atoms with Gasteiger partial charge in [-0.15, -0.1) is 0 Å². The molecule has 1 fully saturated rings. The molecule has 284 valence electrons. The number of urea groups is 1. The molecule has 6 amide bonds. The number of Topliss-reactive ketones (excluding diaryl/α,β-unsaturated/α-hetero) is 1. The number of carbonyl (C=O) groups is 6. The third kappa shape index (κ3) is 7.73. The molecule has 0 radical (unpaired) electrons. The summed E-state index contributed by atoms with van der Waals surface area (Å²) < 4.78 is 11.9. The molecule has 0 aliphatic carbocycles. The zero-order valence-corrected chi connectivity index (χ0v) is 33.1. The van der Waals surface area contributed by atoms with E-state index in [1.165, 1.54) is 32.9 Å². The van der Waals surface area contributed by atoms with Gasteiger partial charge in [0.05, 0.1) is 0 Å². The molecule has 2 aromatic rings. The average Bonchev–Trinajstić information content (AvgIpc) is 3.31. The molecule has 2 aromatic carbocycles. The molecule has 2 N–H and O–H groups in total. The van der Waals surface area contributed by atoms with Crippen LogP contribution in [0.5, 0.6) is 5.75 Å². The molecule has 13 heteroatoms. The van der Waals surface area contributed by atoms with Crippen LogP contribution in [0.1, 0.15) is 107 Å². The SMILES string of the molecule is CCC(Oc1ccc(C(C)(C)CC)cc1C(C)(C)CC)C(=O)NC1(OC)C(=O)N(C(Cl)(C(=O)Nc2ccccc2)C(=O)C(C)(C)C)C(=O)N1C(C)=O. The smallest absolute Gasteiger partial charge is 0.340 e. The lowest BCUT2D eigenvalue weighted by molar-refractivity contribution is -0.179. The Morgan fingerprint density at radius 1 is 0.885 bits per heavy atom. The van der Waals surface area contributed by atoms with E-state index < -0.39 is 57.8 Å². The third-order valence-electron chi connectivity index (χ3n) is 9.91. The summed E-state index contributed by atoms with van der Waals surface area (Å²) in [6.45, 7) is 19.6. The Balaban J connectivity index is 2.13. The molecule has 3 unspecified atom stereocenters. The van der Waals surface area contributed by atoms with E-state index in [1.807, 2.05) is 12.1 Å². The van der Waals surface area contributed by atoms with E-state index in [-0.39, 0.29) is 27.8 Å². The van der Waals surface area contributed by atoms with Gasteiger partial charge in [0.1, 0.15) is 5.75 Å². The molecule has 12 nitrogen and oxygen atoms in total. The van der Waals surface area contributed by atoms with Crippen LogP contribution in [-0.2, 0) is 39.5 Å². The van der Waals surface area contributed by atoms with E-state index in [1.54, 1.807) is 25.1 Å². The first-order valence-electron chi connectivity index (χ1n) is 17.5. The van der Waals surface area contributed by atoms with Gasteiger partial charge in [-0.1, -0.05) is 111 Å². The number of imide groups is 2. The second-order valence-electron chi connectivity index (χ2n) is 15.3. The number of hydrogen-bond acceptors (Lipinski definition) is 8. The number of carbonyl (C=O) groups excluding carboxylic acids is 6. The summed E-state index contributed by atoms with van der Waals surface area (Å²) in [6, 6.07) is 12.4. The number of ketones is 1. The fraction of sp³-hybridized carbons (Fsp3) is 0.538. The van der Waals surface area contributed by atoms with E-state index >= 15 is 0 Å². The minimum absolute atomic E-state index is 0.104. The Hall–Kier alpha value is -4.29. The average molecular weight is 741 g/mol. The van der Waals surface area contributed by atoms with E-state index in [2.05, 4.69) is 58.2 Å². The highest BCUT2D eigenvalue weighted by molar-refractivity contribution is 6.50. The van der Waals surface area contributed by atoms with Crippen molar-refractivity contribution in [2.45, 2.75) is 123 Å². The Kier molecular flexibility index (Phi) is 12.4. The Labute approximate surface area is 311 Å². The number of nitrogens with one attached hydrogen (secondary N) is 2. The van der Waals surface area contributed by atoms with Crippen LogP contribution in [-0.4, -0.2) is 69.3 Å². The maximum atomic E-state index is 14.5. The van der Waals surface area contributed by atoms with Gasteiger partial charge in [-0.2, -0.15) is 0 Å². The number of nitrogens with zero attached hydrogens (tertiary/aromatic N) is 2. The summed E-state index contributed by atoms with van der Waals surface area (Å²) in [5, 5.41) is 4.90. The van der Waals surface area contributed by atoms with Gasteiger partial charge in [0.15, 0.2) is 11.9 Å². The third-order valence-corrected chi connectivity index (χ3v) is 10.4. The Morgan fingerprint density at radius 2 is 1.46 bits per heavy atom. The van der Waals surface area contributed by atoms with Crippen molar-refractivity contribution in [3.8, 4) is 5.75 Å². The number of hydrogen-bond donors (Lipinski definition) is 2. The van der Waals surface area contributed by atoms with E-state index in [9.17, 15) is 28.8 Å². The van der Waals surface area contributed by atoms with Crippen molar-refractivity contribution in [2.24, 2.45) is 5.41 Å². The maximum Gasteiger partial charge on any atom is 0.340 e. The molecule has 1 heterocycles. The van der Waals surface area contributed by atoms with Crippen LogP contribution in [0.3, 0.4) is 0 Å². The zero-order valence-electron chi connectivity index (χ0n) is 32.4. The Bertz CT molecular complexity index is 1720. The van der Waals surface area contributed by atoms with Gasteiger partial charge < -0.3 is 14.8 Å². The van der Waals surface area contributed by atoms with Crippen LogP contribution < -0.4 is 15.4 Å². The number of rotatable bonds is 14. The van der Waals surface area contributed by atoms with Gasteiger partial charge >= 0.3 is 17.8 Å². The largest absolute Gasteiger partial charge is 0.480 e. The molecule has 3 atom stereocenters. The summed E-state index contributed by atoms with van der Waals surface area (Å²) in [6.07, 6.45) is 0.522. The maximum absolute atomic E-state index is 14.5. The van der Waals surface area contributed by atoms with Crippen molar-refractivity contribution < 1.29 is 38.2 Å². The fourth-order valence-corrected chi connectivity index (χ4v) is 6.25. The Morgan fingerprint density at radius 3 is 1.94 bits per heavy atom. The topological polar surface area (TPSA) is 151 Å². The lowest BCUT2D eigenvalue weighted by Crippen LogP contribution is -2.67. The van der Waals surface area contributed by atoms with Crippen LogP contribution in [0.25, 0.3) is 0 Å². The van der Waals surface area contributed by atoms with Crippen molar-refractivity contribution in [1.82, 2.24) is 15.1 Å². The van der Waals surface area contributed by atoms with E-state index in [0.717, 1.165) is 38.0 Å². The molecule has 1 saturated heterocycles. The predicted octanol–water partition coefficient (Wildman–Crippen LogP) is 6.64. The highest BCUT2D eigenvalue weighted by Crippen LogP contribution is 2.41. The molecule has 0 aromatic heterocycles. The summed E-state index contributed by atoms with van der Waals surface area (Å²) in [5.74, 6) is -8.04. The zero-order chi connectivity index (χ0) is 39.6. The van der Waals surface area contributed by atoms with Gasteiger partial charge in [0.2, 0.25) is 5.91 Å². The van der Waals surface area contributed by atoms with Gasteiger partial charge in [-0.25, -0.2) is 14.6 Å². The molecular formula is C39H53ClN4O8. The van der Waals surface area contributed by atoms with Crippen molar-refractivity contribution in [1.29, 1.82) is 0 Å². The highest BCUT2D eigenvalue weighted by atomic mass is 35.5. The van der Waals surface area contributed by atoms with Gasteiger partial charge in [-0.3, -0.25) is 29.3 Å². The van der Waals surface area contributed by atoms with Crippen molar-refractivity contribution >= 4 is 52.7 Å². The van der Waals surface area contributed by atoms with Crippen molar-refractivity contribution in [3.63, 3.8) is 0 Å². The van der Waals surface area contributed by atoms with Crippen LogP contribution in [0.15, 0.2) is 48.5 Å². The standard InChI is InChI=1S/C39H53ClN4O8/c1-13-28(52-29-22-21-25(36(8,9)14-2)23-27(29)37(10,11)15-3)30(46)42-39(51-12)33(49)44(34(50)43(39)24(4)45)38(40,31(47)35(5,6)7)32(48)41-26-19-17-16-18-20-26/h16-23,28H,13-15H2,1-12H3,(H,41,48)(H,42,46). The molecule has 0 bridgehead atoms. The minimum Gasteiger partial charge on any atom is -0.480 e. The molecule has 3 rings (SSSR count). The second kappa shape index (κ2) is 15.4. The number of anilines is 1. The molecule has 1 aliphatic rings. The number of ether oxygens (including phenoxy) is 2. The quantitative estimate of drug-likeness (QED) is 0.0720. The number of alkyl halides is 1. The highest BCUT2D eigenvalue weighted by Gasteiger charge is 2.70. The molecule has 52 heavy (non-hydrogen) atoms. The molecule has 1 aliphatic heterocycles. The second-order valence-corrected chi connectivity index (χ2v) is 15.9. The summed E-state index contributed by atoms with van der Waals surface area (Å²) >= 11 is 6.88. The number of benzene rings is 2. The van der Waals surface area contributed by atoms with Crippen LogP contribution in [0.2, 0.25) is 0 Å². The van der Waals surface area contributed by atoms with E-state index in [0.29, 0.717) is 10.6 Å². The lowest BCUT2D eigenvalue weighted by Gasteiger charge is -2.36. The first-order valence-corrected chi connectivity index (χ1v) is 17.9. The van der Waals surface area contributed by atoms with Crippen LogP contribution in [0.4, 0.5) is 10.5 Å². The summed E-state index contributed by atoms with van der Waals surface area (Å²) in [5.41, 5.74) is 0.348. The normalized spacial score (nSPS) is 18.5. The van der Waals surface area contributed by atoms with E-state index in [4.69, 9.17) is 21.1 Å². The predicted molar refractivity (Wildman–Crippen MR) is 199 cm³/mol. The monoisotopic (exact) mass is 740 g/mol. The van der Waals surface area contributed by atoms with Gasteiger partial charge in [-0.05, 0) is 53.9 Å². The molecule has 0 spiro atoms. The first kappa shape index (κ1) is 42.1.